The van der Waals surface area contributed by atoms with Gasteiger partial charge in [0.25, 0.3) is 0 Å². The number of rotatable bonds is 4. The summed E-state index contributed by atoms with van der Waals surface area (Å²) in [6, 6.07) is 8.87. The molecule has 1 aromatic carbocycles. The van der Waals surface area contributed by atoms with Gasteiger partial charge in [0.1, 0.15) is 6.04 Å². The number of carbonyl (C=O) groups is 2. The zero-order chi connectivity index (χ0) is 15.9. The average Bonchev–Trinajstić information content (AvgIpc) is 2.54. The number of hydrogen-bond donors (Lipinski definition) is 3. The minimum Gasteiger partial charge on any atom is -0.341 e. The number of amides is 3. The van der Waals surface area contributed by atoms with Gasteiger partial charge in [-0.2, -0.15) is 0 Å². The Balaban J connectivity index is 2.08. The Morgan fingerprint density at radius 3 is 2.32 bits per heavy atom. The van der Waals surface area contributed by atoms with Crippen molar-refractivity contribution in [3.8, 4) is 0 Å². The maximum atomic E-state index is 12.4. The van der Waals surface area contributed by atoms with E-state index in [0.29, 0.717) is 6.04 Å². The second kappa shape index (κ2) is 7.94. The van der Waals surface area contributed by atoms with Crippen LogP contribution in [0.4, 0.5) is 4.79 Å². The highest BCUT2D eigenvalue weighted by Crippen LogP contribution is 2.25. The predicted molar refractivity (Wildman–Crippen MR) is 86.3 cm³/mol. The maximum Gasteiger partial charge on any atom is 0.321 e. The van der Waals surface area contributed by atoms with Crippen LogP contribution in [0, 0.1) is 5.92 Å². The number of hydrogen-bond acceptors (Lipinski definition) is 3. The van der Waals surface area contributed by atoms with E-state index in [4.69, 9.17) is 0 Å². The summed E-state index contributed by atoms with van der Waals surface area (Å²) in [7, 11) is 1.50. The zero-order valence-electron chi connectivity index (χ0n) is 13.3. The van der Waals surface area contributed by atoms with Crippen LogP contribution in [0.1, 0.15) is 44.2 Å². The maximum absolute atomic E-state index is 12.4. The van der Waals surface area contributed by atoms with Gasteiger partial charge >= 0.3 is 6.03 Å². The first-order valence-electron chi connectivity index (χ1n) is 7.93. The van der Waals surface area contributed by atoms with E-state index >= 15 is 0 Å². The third-order valence-corrected chi connectivity index (χ3v) is 4.28. The Bertz CT molecular complexity index is 496. The van der Waals surface area contributed by atoms with Crippen molar-refractivity contribution in [2.75, 3.05) is 7.05 Å². The van der Waals surface area contributed by atoms with E-state index < -0.39 is 12.1 Å². The summed E-state index contributed by atoms with van der Waals surface area (Å²) in [4.78, 5) is 23.8. The molecule has 0 unspecified atom stereocenters. The summed E-state index contributed by atoms with van der Waals surface area (Å²) >= 11 is 0. The molecular formula is C17H25N3O2. The van der Waals surface area contributed by atoms with Crippen LogP contribution in [0.15, 0.2) is 30.3 Å². The molecule has 0 bridgehead atoms. The molecule has 0 heterocycles. The van der Waals surface area contributed by atoms with Gasteiger partial charge in [-0.25, -0.2) is 4.79 Å². The Morgan fingerprint density at radius 2 is 1.73 bits per heavy atom. The minimum absolute atomic E-state index is 0.316. The third kappa shape index (κ3) is 4.56. The summed E-state index contributed by atoms with van der Waals surface area (Å²) < 4.78 is 0. The van der Waals surface area contributed by atoms with Gasteiger partial charge in [-0.3, -0.25) is 15.4 Å². The largest absolute Gasteiger partial charge is 0.341 e. The topological polar surface area (TPSA) is 70.2 Å². The molecule has 1 aromatic rings. The Hall–Kier alpha value is -1.88. The third-order valence-electron chi connectivity index (χ3n) is 4.28. The lowest BCUT2D eigenvalue weighted by Crippen LogP contribution is -2.47. The van der Waals surface area contributed by atoms with E-state index in [2.05, 4.69) is 22.9 Å². The van der Waals surface area contributed by atoms with Crippen molar-refractivity contribution in [1.29, 1.82) is 0 Å². The monoisotopic (exact) mass is 303 g/mol. The molecule has 1 atom stereocenters. The van der Waals surface area contributed by atoms with Crippen LogP contribution in [-0.4, -0.2) is 25.0 Å². The van der Waals surface area contributed by atoms with Crippen molar-refractivity contribution in [1.82, 2.24) is 16.0 Å². The molecule has 1 fully saturated rings. The first kappa shape index (κ1) is 16.5. The molecule has 1 aliphatic rings. The average molecular weight is 303 g/mol. The van der Waals surface area contributed by atoms with Gasteiger partial charge in [0.15, 0.2) is 0 Å². The number of benzene rings is 1. The van der Waals surface area contributed by atoms with Gasteiger partial charge in [0, 0.05) is 13.1 Å². The second-order valence-corrected chi connectivity index (χ2v) is 6.04. The van der Waals surface area contributed by atoms with Crippen molar-refractivity contribution in [3.05, 3.63) is 35.9 Å². The highest BCUT2D eigenvalue weighted by Gasteiger charge is 2.27. The molecule has 0 radical (unpaired) electrons. The smallest absolute Gasteiger partial charge is 0.321 e. The molecule has 1 saturated carbocycles. The Morgan fingerprint density at radius 1 is 1.09 bits per heavy atom. The molecule has 2 rings (SSSR count). The normalized spacial score (nSPS) is 22.6. The lowest BCUT2D eigenvalue weighted by molar-refractivity contribution is -0.122. The molecule has 120 valence electrons. The Labute approximate surface area is 131 Å². The molecule has 5 nitrogen and oxygen atoms in total. The van der Waals surface area contributed by atoms with Crippen molar-refractivity contribution < 1.29 is 9.59 Å². The van der Waals surface area contributed by atoms with E-state index in [1.165, 1.54) is 19.9 Å². The fraction of sp³-hybridized carbons (Fsp3) is 0.529. The number of carbonyl (C=O) groups excluding carboxylic acids is 2. The van der Waals surface area contributed by atoms with E-state index in [-0.39, 0.29) is 5.91 Å². The van der Waals surface area contributed by atoms with Crippen molar-refractivity contribution in [2.45, 2.75) is 44.7 Å². The number of imide groups is 1. The zero-order valence-corrected chi connectivity index (χ0v) is 13.3. The highest BCUT2D eigenvalue weighted by molar-refractivity contribution is 5.97. The van der Waals surface area contributed by atoms with Crippen LogP contribution in [0.5, 0.6) is 0 Å². The second-order valence-electron chi connectivity index (χ2n) is 6.04. The molecule has 0 spiro atoms. The molecule has 0 aromatic heterocycles. The molecule has 1 aliphatic carbocycles. The van der Waals surface area contributed by atoms with E-state index in [9.17, 15) is 9.59 Å². The first-order chi connectivity index (χ1) is 10.6. The number of urea groups is 1. The Kier molecular flexibility index (Phi) is 5.95. The molecule has 3 amide bonds. The van der Waals surface area contributed by atoms with Gasteiger partial charge in [0.2, 0.25) is 5.91 Å². The summed E-state index contributed by atoms with van der Waals surface area (Å²) in [6.07, 6.45) is 4.49. The van der Waals surface area contributed by atoms with Gasteiger partial charge in [0.05, 0.1) is 0 Å². The molecule has 22 heavy (non-hydrogen) atoms. The van der Waals surface area contributed by atoms with Crippen molar-refractivity contribution >= 4 is 11.9 Å². The number of nitrogens with one attached hydrogen (secondary N) is 3. The summed E-state index contributed by atoms with van der Waals surface area (Å²) in [6.45, 7) is 2.27. The van der Waals surface area contributed by atoms with Gasteiger partial charge in [-0.05, 0) is 37.2 Å². The van der Waals surface area contributed by atoms with Crippen LogP contribution in [-0.2, 0) is 4.79 Å². The predicted octanol–water partition coefficient (Wildman–Crippen LogP) is 2.35. The van der Waals surface area contributed by atoms with Crippen molar-refractivity contribution in [3.63, 3.8) is 0 Å². The minimum atomic E-state index is -0.503. The van der Waals surface area contributed by atoms with Crippen LogP contribution in [0.25, 0.3) is 0 Å². The summed E-state index contributed by atoms with van der Waals surface area (Å²) in [5, 5.41) is 8.22. The lowest BCUT2D eigenvalue weighted by atomic mass is 9.86. The quantitative estimate of drug-likeness (QED) is 0.799. The lowest BCUT2D eigenvalue weighted by Gasteiger charge is -2.30. The summed E-state index contributed by atoms with van der Waals surface area (Å²) in [5.41, 5.74) is 0.877. The van der Waals surface area contributed by atoms with Crippen LogP contribution in [0.2, 0.25) is 0 Å². The van der Waals surface area contributed by atoms with Gasteiger partial charge < -0.3 is 5.32 Å². The van der Waals surface area contributed by atoms with Crippen LogP contribution in [0.3, 0.4) is 0 Å². The summed E-state index contributed by atoms with van der Waals surface area (Å²) in [5.74, 6) is 0.442. The van der Waals surface area contributed by atoms with E-state index in [1.807, 2.05) is 30.3 Å². The van der Waals surface area contributed by atoms with Gasteiger partial charge in [-0.15, -0.1) is 0 Å². The molecule has 3 N–H and O–H groups in total. The fourth-order valence-corrected chi connectivity index (χ4v) is 2.88. The van der Waals surface area contributed by atoms with E-state index in [0.717, 1.165) is 24.3 Å². The standard InChI is InChI=1S/C17H25N3O2/c1-12-8-10-14(11-9-12)19-15(13-6-4-3-5-7-13)16(21)20-17(22)18-2/h3-7,12,14-15,19H,8-11H2,1-2H3,(H2,18,20,21,22)/t12?,14?,15-/m0/s1. The first-order valence-corrected chi connectivity index (χ1v) is 7.93. The molecule has 0 saturated heterocycles. The molecular weight excluding hydrogens is 278 g/mol. The van der Waals surface area contributed by atoms with Crippen LogP contribution >= 0.6 is 0 Å². The SMILES string of the molecule is CNC(=O)NC(=O)[C@@H](NC1CCC(C)CC1)c1ccccc1. The molecule has 5 heteroatoms. The fourth-order valence-electron chi connectivity index (χ4n) is 2.88. The molecule has 0 aliphatic heterocycles. The van der Waals surface area contributed by atoms with Crippen molar-refractivity contribution in [2.24, 2.45) is 5.92 Å². The van der Waals surface area contributed by atoms with E-state index in [1.54, 1.807) is 0 Å². The van der Waals surface area contributed by atoms with Crippen LogP contribution < -0.4 is 16.0 Å². The highest BCUT2D eigenvalue weighted by atomic mass is 16.2. The van der Waals surface area contributed by atoms with Gasteiger partial charge in [-0.1, -0.05) is 37.3 Å².